The largest absolute Gasteiger partial charge is 0.481 e. The second-order valence-corrected chi connectivity index (χ2v) is 14.7. The highest BCUT2D eigenvalue weighted by Gasteiger charge is 2.27. The van der Waals surface area contributed by atoms with Crippen LogP contribution in [0.5, 0.6) is 0 Å². The summed E-state index contributed by atoms with van der Waals surface area (Å²) in [4.78, 5) is 19.0. The number of thiazole rings is 1. The average Bonchev–Trinajstić information content (AvgIpc) is 3.59. The number of carbonyl (C=O) groups is 1. The van der Waals surface area contributed by atoms with Crippen LogP contribution in [0.1, 0.15) is 82.1 Å². The Labute approximate surface area is 280 Å². The fourth-order valence-electron chi connectivity index (χ4n) is 6.85. The van der Waals surface area contributed by atoms with E-state index in [0.717, 1.165) is 70.9 Å². The van der Waals surface area contributed by atoms with Gasteiger partial charge in [-0.3, -0.25) is 10.1 Å². The van der Waals surface area contributed by atoms with E-state index in [9.17, 15) is 4.79 Å². The average molecular weight is 658 g/mol. The summed E-state index contributed by atoms with van der Waals surface area (Å²) < 4.78 is 3.74. The molecule has 1 aromatic heterocycles. The molecule has 0 bridgehead atoms. The molecule has 1 aliphatic heterocycles. The van der Waals surface area contributed by atoms with E-state index in [0.29, 0.717) is 12.5 Å². The minimum Gasteiger partial charge on any atom is -0.481 e. The molecule has 0 saturated heterocycles. The third-order valence-electron chi connectivity index (χ3n) is 9.27. The number of aromatic nitrogens is 1. The summed E-state index contributed by atoms with van der Waals surface area (Å²) in [5, 5.41) is 20.2. The molecule has 1 unspecified atom stereocenters. The molecule has 0 saturated carbocycles. The van der Waals surface area contributed by atoms with Gasteiger partial charge in [0.2, 0.25) is 5.52 Å². The molecule has 3 aliphatic rings. The predicted octanol–water partition coefficient (Wildman–Crippen LogP) is 9.78. The van der Waals surface area contributed by atoms with E-state index in [1.54, 1.807) is 0 Å². The van der Waals surface area contributed by atoms with Gasteiger partial charge in [-0.1, -0.05) is 72.4 Å². The van der Waals surface area contributed by atoms with Crippen LogP contribution in [0.2, 0.25) is 0 Å². The lowest BCUT2D eigenvalue weighted by molar-refractivity contribution is -0.669. The van der Waals surface area contributed by atoms with Crippen molar-refractivity contribution in [1.29, 1.82) is 0 Å². The number of allylic oxidation sites excluding steroid dienone is 6. The Morgan fingerprint density at radius 3 is 2.63 bits per heavy atom. The van der Waals surface area contributed by atoms with Crippen LogP contribution in [0.3, 0.4) is 0 Å². The Hall–Kier alpha value is -3.17. The number of hydrogen-bond donors (Lipinski definition) is 2. The van der Waals surface area contributed by atoms with Gasteiger partial charge in [0.1, 0.15) is 4.70 Å². The standard InChI is InChI=1S/C38H44N2O4S2/c41-38(42)16-4-3-10-22-40-33-13-6-8-15-35(33)46-37(40)27-29-18-20-30-19-17-28(24-31(30)25-29)26-36-39(21-9-1-2-11-23-44-43)32-12-5-7-14-34(32)45-36/h5-8,12-15,24-27,30H,1-4,9-11,16-23H2,(H-,41,42,43)/p+1. The molecule has 242 valence electrons. The molecule has 1 atom stereocenters. The molecule has 0 spiro atoms. The van der Waals surface area contributed by atoms with Gasteiger partial charge in [0.05, 0.1) is 17.3 Å². The number of unbranched alkanes of at least 4 members (excludes halogenated alkanes) is 5. The highest BCUT2D eigenvalue weighted by Crippen LogP contribution is 2.47. The highest BCUT2D eigenvalue weighted by atomic mass is 32.2. The SMILES string of the molecule is O=C(O)CCCCC[n+]1c(C=C2C=C3C=C(C=C4Sc5ccccc5N4CCCCCCOO)CCC3CC2)sc2ccccc21. The maximum absolute atomic E-state index is 10.9. The van der Waals surface area contributed by atoms with E-state index >= 15 is 0 Å². The topological polar surface area (TPSA) is 73.9 Å². The fourth-order valence-corrected chi connectivity index (χ4v) is 9.18. The minimum atomic E-state index is -0.708. The van der Waals surface area contributed by atoms with Crippen LogP contribution in [0.4, 0.5) is 5.69 Å². The van der Waals surface area contributed by atoms with Crippen LogP contribution in [0, 0.1) is 5.92 Å². The molecule has 2 aliphatic carbocycles. The van der Waals surface area contributed by atoms with E-state index in [1.165, 1.54) is 60.4 Å². The Kier molecular flexibility index (Phi) is 11.5. The molecule has 0 radical (unpaired) electrons. The number of aryl methyl sites for hydroxylation is 1. The summed E-state index contributed by atoms with van der Waals surface area (Å²) in [5.74, 6) is -0.0729. The Morgan fingerprint density at radius 2 is 1.74 bits per heavy atom. The number of aliphatic carboxylic acids is 1. The molecule has 6 nitrogen and oxygen atoms in total. The van der Waals surface area contributed by atoms with Crippen LogP contribution in [-0.2, 0) is 16.2 Å². The molecule has 0 fully saturated rings. The molecule has 3 aromatic rings. The molecule has 8 heteroatoms. The van der Waals surface area contributed by atoms with Crippen molar-refractivity contribution in [3.05, 3.63) is 93.5 Å². The number of carboxylic acids is 1. The number of hydrogen-bond acceptors (Lipinski definition) is 6. The van der Waals surface area contributed by atoms with Crippen molar-refractivity contribution < 1.29 is 24.6 Å². The molecule has 2 aromatic carbocycles. The summed E-state index contributed by atoms with van der Waals surface area (Å²) in [5.41, 5.74) is 6.87. The van der Waals surface area contributed by atoms with Crippen LogP contribution < -0.4 is 9.47 Å². The summed E-state index contributed by atoms with van der Waals surface area (Å²) >= 11 is 3.74. The summed E-state index contributed by atoms with van der Waals surface area (Å²) in [7, 11) is 0. The summed E-state index contributed by atoms with van der Waals surface area (Å²) in [6, 6.07) is 17.4. The third kappa shape index (κ3) is 8.21. The van der Waals surface area contributed by atoms with Crippen molar-refractivity contribution in [3.8, 4) is 0 Å². The lowest BCUT2D eigenvalue weighted by Gasteiger charge is -2.28. The first-order valence-electron chi connectivity index (χ1n) is 16.9. The Bertz CT molecular complexity index is 1650. The molecule has 6 rings (SSSR count). The van der Waals surface area contributed by atoms with Gasteiger partial charge in [-0.2, -0.15) is 4.57 Å². The van der Waals surface area contributed by atoms with Crippen molar-refractivity contribution >= 4 is 51.0 Å². The lowest BCUT2D eigenvalue weighted by Crippen LogP contribution is -2.35. The Balaban J connectivity index is 1.20. The highest BCUT2D eigenvalue weighted by molar-refractivity contribution is 8.03. The Morgan fingerprint density at radius 1 is 0.935 bits per heavy atom. The van der Waals surface area contributed by atoms with Gasteiger partial charge >= 0.3 is 5.97 Å². The number of fused-ring (bicyclic) bond motifs is 3. The quantitative estimate of drug-likeness (QED) is 0.0734. The predicted molar refractivity (Wildman–Crippen MR) is 189 cm³/mol. The van der Waals surface area contributed by atoms with E-state index in [2.05, 4.69) is 87.2 Å². The summed E-state index contributed by atoms with van der Waals surface area (Å²) in [6.45, 7) is 2.32. The van der Waals surface area contributed by atoms with Gasteiger partial charge in [0.25, 0.3) is 5.01 Å². The van der Waals surface area contributed by atoms with Crippen LogP contribution in [0.15, 0.2) is 93.4 Å². The monoisotopic (exact) mass is 657 g/mol. The second-order valence-electron chi connectivity index (χ2n) is 12.6. The van der Waals surface area contributed by atoms with Crippen molar-refractivity contribution in [2.75, 3.05) is 18.1 Å². The number of para-hydroxylation sites is 2. The van der Waals surface area contributed by atoms with Crippen molar-refractivity contribution in [1.82, 2.24) is 0 Å². The lowest BCUT2D eigenvalue weighted by atomic mass is 9.77. The zero-order valence-electron chi connectivity index (χ0n) is 26.5. The van der Waals surface area contributed by atoms with Gasteiger partial charge in [-0.15, -0.1) is 0 Å². The smallest absolute Gasteiger partial charge is 0.303 e. The van der Waals surface area contributed by atoms with Gasteiger partial charge < -0.3 is 10.0 Å². The third-order valence-corrected chi connectivity index (χ3v) is 11.5. The molecular weight excluding hydrogens is 613 g/mol. The van der Waals surface area contributed by atoms with E-state index in [4.69, 9.17) is 10.4 Å². The van der Waals surface area contributed by atoms with E-state index < -0.39 is 5.97 Å². The number of carboxylic acid groups (broad SMARTS) is 1. The second kappa shape index (κ2) is 16.1. The van der Waals surface area contributed by atoms with Gasteiger partial charge in [-0.05, 0) is 98.3 Å². The molecule has 2 N–H and O–H groups in total. The van der Waals surface area contributed by atoms with Crippen molar-refractivity contribution in [3.63, 3.8) is 0 Å². The van der Waals surface area contributed by atoms with Gasteiger partial charge in [-0.25, -0.2) is 4.89 Å². The van der Waals surface area contributed by atoms with E-state index in [-0.39, 0.29) is 6.42 Å². The number of nitrogens with zero attached hydrogens (tertiary/aromatic N) is 2. The molecular formula is C38H45N2O4S2+. The van der Waals surface area contributed by atoms with E-state index in [1.807, 2.05) is 23.1 Å². The molecule has 2 heterocycles. The van der Waals surface area contributed by atoms with Gasteiger partial charge in [0, 0.05) is 36.4 Å². The maximum Gasteiger partial charge on any atom is 0.303 e. The number of thioether (sulfide) groups is 1. The number of anilines is 1. The van der Waals surface area contributed by atoms with Crippen molar-refractivity contribution in [2.24, 2.45) is 5.92 Å². The van der Waals surface area contributed by atoms with Crippen LogP contribution in [-0.4, -0.2) is 29.5 Å². The summed E-state index contributed by atoms with van der Waals surface area (Å²) in [6.07, 6.45) is 21.5. The minimum absolute atomic E-state index is 0.249. The number of rotatable bonds is 15. The zero-order chi connectivity index (χ0) is 31.7. The number of benzene rings is 2. The van der Waals surface area contributed by atoms with Crippen molar-refractivity contribution in [2.45, 2.75) is 88.5 Å². The molecule has 0 amide bonds. The normalized spacial score (nSPS) is 19.4. The first kappa shape index (κ1) is 32.8. The van der Waals surface area contributed by atoms with Gasteiger partial charge in [0.15, 0.2) is 6.54 Å². The first-order valence-corrected chi connectivity index (χ1v) is 18.5. The fraction of sp³-hybridized carbons (Fsp3) is 0.421. The van der Waals surface area contributed by atoms with Crippen LogP contribution in [0.25, 0.3) is 16.3 Å². The first-order chi connectivity index (χ1) is 22.6. The zero-order valence-corrected chi connectivity index (χ0v) is 28.2. The maximum atomic E-state index is 10.9. The van der Waals surface area contributed by atoms with Crippen LogP contribution >= 0.6 is 23.1 Å². The molecule has 46 heavy (non-hydrogen) atoms.